The molecule has 8 heteroatoms. The first-order chi connectivity index (χ1) is 7.26. The highest BCUT2D eigenvalue weighted by atomic mass is 79.9. The number of rotatable bonds is 3. The summed E-state index contributed by atoms with van der Waals surface area (Å²) < 4.78 is 31.2. The zero-order valence-electron chi connectivity index (χ0n) is 8.34. The third-order valence-corrected chi connectivity index (χ3v) is 3.49. The molecule has 1 aromatic heterocycles. The molecular formula is C8H10BrNO5S. The van der Waals surface area contributed by atoms with E-state index in [2.05, 4.69) is 15.9 Å². The lowest BCUT2D eigenvalue weighted by molar-refractivity contribution is 0.406. The fourth-order valence-corrected chi connectivity index (χ4v) is 2.54. The normalized spacial score (nSPS) is 11.7. The van der Waals surface area contributed by atoms with Gasteiger partial charge in [0.05, 0.1) is 4.47 Å². The maximum absolute atomic E-state index is 11.4. The molecule has 0 aromatic carbocycles. The Morgan fingerprint density at radius 1 is 1.50 bits per heavy atom. The van der Waals surface area contributed by atoms with Gasteiger partial charge in [-0.1, -0.05) is 0 Å². The Kier molecular flexibility index (Phi) is 3.76. The van der Waals surface area contributed by atoms with Crippen LogP contribution in [-0.4, -0.2) is 22.6 Å². The Balaban J connectivity index is 3.40. The second-order valence-electron chi connectivity index (χ2n) is 3.12. The molecule has 0 atom stereocenters. The number of aromatic hydroxyl groups is 1. The summed E-state index contributed by atoms with van der Waals surface area (Å²) in [6, 6.07) is 1.06. The first kappa shape index (κ1) is 13.2. The molecule has 90 valence electrons. The van der Waals surface area contributed by atoms with E-state index in [-0.39, 0.29) is 22.5 Å². The highest BCUT2D eigenvalue weighted by Gasteiger charge is 2.16. The number of halogens is 1. The van der Waals surface area contributed by atoms with E-state index in [1.165, 1.54) is 0 Å². The number of pyridine rings is 1. The van der Waals surface area contributed by atoms with Gasteiger partial charge in [-0.25, -0.2) is 0 Å². The molecule has 0 fully saturated rings. The van der Waals surface area contributed by atoms with E-state index >= 15 is 0 Å². The fourth-order valence-electron chi connectivity index (χ4n) is 1.26. The Labute approximate surface area is 100 Å². The second kappa shape index (κ2) is 4.56. The van der Waals surface area contributed by atoms with Crippen molar-refractivity contribution in [3.63, 3.8) is 0 Å². The highest BCUT2D eigenvalue weighted by Crippen LogP contribution is 2.26. The predicted molar refractivity (Wildman–Crippen MR) is 61.0 cm³/mol. The van der Waals surface area contributed by atoms with Crippen molar-refractivity contribution < 1.29 is 18.1 Å². The SMILES string of the molecule is CCn1c(O)c(Br)c(CS(=O)(=O)O)cc1=O. The smallest absolute Gasteiger partial charge is 0.269 e. The van der Waals surface area contributed by atoms with Crippen LogP contribution in [0.5, 0.6) is 5.88 Å². The van der Waals surface area contributed by atoms with Crippen LogP contribution in [0.4, 0.5) is 0 Å². The molecule has 0 saturated heterocycles. The Morgan fingerprint density at radius 2 is 2.06 bits per heavy atom. The first-order valence-electron chi connectivity index (χ1n) is 4.32. The van der Waals surface area contributed by atoms with Crippen LogP contribution in [0.15, 0.2) is 15.3 Å². The fraction of sp³-hybridized carbons (Fsp3) is 0.375. The van der Waals surface area contributed by atoms with Crippen molar-refractivity contribution in [2.24, 2.45) is 0 Å². The number of hydrogen-bond donors (Lipinski definition) is 2. The highest BCUT2D eigenvalue weighted by molar-refractivity contribution is 9.10. The standard InChI is InChI=1S/C8H10BrNO5S/c1-2-10-6(11)3-5(4-16(13,14)15)7(9)8(10)12/h3,12H,2,4H2,1H3,(H,13,14,15). The predicted octanol–water partition coefficient (Wildman–Crippen LogP) is 0.724. The van der Waals surface area contributed by atoms with E-state index in [0.29, 0.717) is 0 Å². The van der Waals surface area contributed by atoms with Crippen molar-refractivity contribution in [2.45, 2.75) is 19.2 Å². The van der Waals surface area contributed by atoms with Crippen LogP contribution in [0.2, 0.25) is 0 Å². The minimum absolute atomic E-state index is 0.0229. The van der Waals surface area contributed by atoms with Gasteiger partial charge in [0.2, 0.25) is 5.88 Å². The molecule has 1 rings (SSSR count). The van der Waals surface area contributed by atoms with E-state index in [4.69, 9.17) is 4.55 Å². The Hall–Kier alpha value is -0.860. The Bertz CT molecular complexity index is 563. The number of aromatic nitrogens is 1. The van der Waals surface area contributed by atoms with Gasteiger partial charge in [0.1, 0.15) is 5.75 Å². The third-order valence-electron chi connectivity index (χ3n) is 1.95. The summed E-state index contributed by atoms with van der Waals surface area (Å²) in [6.07, 6.45) is 0. The van der Waals surface area contributed by atoms with Gasteiger partial charge >= 0.3 is 0 Å². The minimum atomic E-state index is -4.24. The van der Waals surface area contributed by atoms with Crippen LogP contribution in [0.3, 0.4) is 0 Å². The molecule has 0 radical (unpaired) electrons. The van der Waals surface area contributed by atoms with Crippen molar-refractivity contribution in [1.82, 2.24) is 4.57 Å². The molecule has 0 unspecified atom stereocenters. The lowest BCUT2D eigenvalue weighted by Gasteiger charge is -2.10. The van der Waals surface area contributed by atoms with Gasteiger partial charge in [-0.15, -0.1) is 0 Å². The van der Waals surface area contributed by atoms with Crippen molar-refractivity contribution in [3.8, 4) is 5.88 Å². The van der Waals surface area contributed by atoms with Crippen molar-refractivity contribution in [3.05, 3.63) is 26.5 Å². The molecule has 0 amide bonds. The van der Waals surface area contributed by atoms with Crippen LogP contribution >= 0.6 is 15.9 Å². The summed E-state index contributed by atoms with van der Waals surface area (Å²) in [5.74, 6) is -1.07. The van der Waals surface area contributed by atoms with Crippen LogP contribution in [0.1, 0.15) is 12.5 Å². The molecule has 16 heavy (non-hydrogen) atoms. The van der Waals surface area contributed by atoms with Crippen molar-refractivity contribution in [1.29, 1.82) is 0 Å². The molecule has 0 aliphatic rings. The largest absolute Gasteiger partial charge is 0.494 e. The molecule has 0 spiro atoms. The number of hydrogen-bond acceptors (Lipinski definition) is 4. The maximum atomic E-state index is 11.4. The van der Waals surface area contributed by atoms with Crippen LogP contribution in [-0.2, 0) is 22.4 Å². The van der Waals surface area contributed by atoms with Gasteiger partial charge in [0, 0.05) is 12.6 Å². The van der Waals surface area contributed by atoms with Gasteiger partial charge in [-0.3, -0.25) is 13.9 Å². The molecule has 0 aliphatic heterocycles. The zero-order chi connectivity index (χ0) is 12.5. The molecule has 0 saturated carbocycles. The van der Waals surface area contributed by atoms with Crippen molar-refractivity contribution >= 4 is 26.0 Å². The summed E-state index contributed by atoms with van der Waals surface area (Å²) >= 11 is 2.97. The average Bonchev–Trinajstić information content (AvgIpc) is 2.12. The lowest BCUT2D eigenvalue weighted by Crippen LogP contribution is -2.20. The Morgan fingerprint density at radius 3 is 2.50 bits per heavy atom. The van der Waals surface area contributed by atoms with E-state index in [0.717, 1.165) is 10.6 Å². The molecule has 6 nitrogen and oxygen atoms in total. The van der Waals surface area contributed by atoms with E-state index < -0.39 is 21.4 Å². The lowest BCUT2D eigenvalue weighted by atomic mass is 10.3. The third kappa shape index (κ3) is 2.83. The second-order valence-corrected chi connectivity index (χ2v) is 5.36. The average molecular weight is 312 g/mol. The minimum Gasteiger partial charge on any atom is -0.494 e. The van der Waals surface area contributed by atoms with Crippen LogP contribution in [0, 0.1) is 0 Å². The maximum Gasteiger partial charge on any atom is 0.269 e. The molecule has 0 bridgehead atoms. The van der Waals surface area contributed by atoms with E-state index in [1.807, 2.05) is 0 Å². The van der Waals surface area contributed by atoms with Crippen LogP contribution in [0.25, 0.3) is 0 Å². The van der Waals surface area contributed by atoms with E-state index in [9.17, 15) is 18.3 Å². The van der Waals surface area contributed by atoms with Gasteiger partial charge in [0.25, 0.3) is 15.7 Å². The van der Waals surface area contributed by atoms with Gasteiger partial charge in [-0.2, -0.15) is 8.42 Å². The van der Waals surface area contributed by atoms with Crippen LogP contribution < -0.4 is 5.56 Å². The quantitative estimate of drug-likeness (QED) is 0.802. The molecular weight excluding hydrogens is 302 g/mol. The van der Waals surface area contributed by atoms with Gasteiger partial charge in [0.15, 0.2) is 0 Å². The molecule has 1 aromatic rings. The summed E-state index contributed by atoms with van der Waals surface area (Å²) in [5.41, 5.74) is -0.503. The molecule has 0 aliphatic carbocycles. The zero-order valence-corrected chi connectivity index (χ0v) is 10.7. The first-order valence-corrected chi connectivity index (χ1v) is 6.72. The van der Waals surface area contributed by atoms with E-state index in [1.54, 1.807) is 6.92 Å². The molecule has 2 N–H and O–H groups in total. The monoisotopic (exact) mass is 311 g/mol. The number of nitrogens with zero attached hydrogens (tertiary/aromatic N) is 1. The van der Waals surface area contributed by atoms with Crippen molar-refractivity contribution in [2.75, 3.05) is 0 Å². The topological polar surface area (TPSA) is 96.6 Å². The summed E-state index contributed by atoms with van der Waals surface area (Å²) in [6.45, 7) is 1.92. The van der Waals surface area contributed by atoms with Gasteiger partial charge in [-0.05, 0) is 28.4 Å². The summed E-state index contributed by atoms with van der Waals surface area (Å²) in [7, 11) is -4.24. The summed E-state index contributed by atoms with van der Waals surface area (Å²) in [4.78, 5) is 11.4. The molecule has 1 heterocycles. The van der Waals surface area contributed by atoms with Gasteiger partial charge < -0.3 is 5.11 Å². The summed E-state index contributed by atoms with van der Waals surface area (Å²) in [5, 5.41) is 9.60.